The van der Waals surface area contributed by atoms with Crippen molar-refractivity contribution in [3.8, 4) is 0 Å². The lowest BCUT2D eigenvalue weighted by atomic mass is 9.96. The van der Waals surface area contributed by atoms with E-state index in [1.807, 2.05) is 7.05 Å². The number of hydrogen-bond donors (Lipinski definition) is 1. The SMILES string of the molecule is CN=C(NCC1CCN(CCOC)CC1)N1CCC(C(=O)OC)CC1. The smallest absolute Gasteiger partial charge is 0.308 e. The summed E-state index contributed by atoms with van der Waals surface area (Å²) in [7, 11) is 5.06. The normalized spacial score (nSPS) is 21.4. The quantitative estimate of drug-likeness (QED) is 0.432. The second-order valence-corrected chi connectivity index (χ2v) is 6.99. The molecule has 0 aromatic heterocycles. The van der Waals surface area contributed by atoms with Gasteiger partial charge in [0.1, 0.15) is 0 Å². The van der Waals surface area contributed by atoms with Crippen LogP contribution in [0.4, 0.5) is 0 Å². The third kappa shape index (κ3) is 6.15. The number of esters is 1. The number of carbonyl (C=O) groups is 1. The van der Waals surface area contributed by atoms with E-state index in [4.69, 9.17) is 9.47 Å². The molecule has 25 heavy (non-hydrogen) atoms. The van der Waals surface area contributed by atoms with Gasteiger partial charge in [0.05, 0.1) is 19.6 Å². The average Bonchev–Trinajstić information content (AvgIpc) is 2.67. The molecular weight excluding hydrogens is 320 g/mol. The maximum Gasteiger partial charge on any atom is 0.308 e. The largest absolute Gasteiger partial charge is 0.469 e. The first-order chi connectivity index (χ1) is 12.2. The highest BCUT2D eigenvalue weighted by molar-refractivity contribution is 5.80. The number of likely N-dealkylation sites (tertiary alicyclic amines) is 2. The van der Waals surface area contributed by atoms with Gasteiger partial charge >= 0.3 is 5.97 Å². The summed E-state index contributed by atoms with van der Waals surface area (Å²) in [5.74, 6) is 1.62. The van der Waals surface area contributed by atoms with Crippen LogP contribution in [0.25, 0.3) is 0 Å². The first-order valence-electron chi connectivity index (χ1n) is 9.42. The minimum atomic E-state index is -0.0807. The van der Waals surface area contributed by atoms with Crippen LogP contribution in [0.5, 0.6) is 0 Å². The Labute approximate surface area is 151 Å². The molecule has 0 aliphatic carbocycles. The molecule has 0 radical (unpaired) electrons. The molecule has 2 aliphatic rings. The second kappa shape index (κ2) is 10.6. The fraction of sp³-hybridized carbons (Fsp3) is 0.889. The number of aliphatic imine (C=N–C) groups is 1. The van der Waals surface area contributed by atoms with Crippen molar-refractivity contribution in [1.29, 1.82) is 0 Å². The van der Waals surface area contributed by atoms with Crippen molar-refractivity contribution in [3.05, 3.63) is 0 Å². The van der Waals surface area contributed by atoms with Gasteiger partial charge in [0.25, 0.3) is 0 Å². The number of nitrogens with one attached hydrogen (secondary N) is 1. The molecule has 1 N–H and O–H groups in total. The molecule has 7 heteroatoms. The van der Waals surface area contributed by atoms with Crippen LogP contribution in [-0.2, 0) is 14.3 Å². The molecule has 0 bridgehead atoms. The summed E-state index contributed by atoms with van der Waals surface area (Å²) in [6.07, 6.45) is 4.12. The Morgan fingerprint density at radius 3 is 2.36 bits per heavy atom. The number of carbonyl (C=O) groups excluding carboxylic acids is 1. The Kier molecular flexibility index (Phi) is 8.48. The molecule has 0 saturated carbocycles. The molecule has 0 aromatic carbocycles. The molecule has 7 nitrogen and oxygen atoms in total. The van der Waals surface area contributed by atoms with Gasteiger partial charge in [-0.05, 0) is 44.7 Å². The van der Waals surface area contributed by atoms with Gasteiger partial charge in [0.15, 0.2) is 5.96 Å². The van der Waals surface area contributed by atoms with Crippen molar-refractivity contribution in [1.82, 2.24) is 15.1 Å². The topological polar surface area (TPSA) is 66.4 Å². The van der Waals surface area contributed by atoms with Crippen molar-refractivity contribution in [2.24, 2.45) is 16.8 Å². The zero-order valence-electron chi connectivity index (χ0n) is 16.0. The molecule has 0 unspecified atom stereocenters. The monoisotopic (exact) mass is 354 g/mol. The lowest BCUT2D eigenvalue weighted by Crippen LogP contribution is -2.48. The highest BCUT2D eigenvalue weighted by atomic mass is 16.5. The number of ether oxygens (including phenoxy) is 2. The van der Waals surface area contributed by atoms with Crippen LogP contribution in [-0.4, -0.2) is 88.9 Å². The Hall–Kier alpha value is -1.34. The van der Waals surface area contributed by atoms with Crippen molar-refractivity contribution < 1.29 is 14.3 Å². The van der Waals surface area contributed by atoms with Gasteiger partial charge < -0.3 is 24.6 Å². The Morgan fingerprint density at radius 1 is 1.12 bits per heavy atom. The molecule has 2 rings (SSSR count). The lowest BCUT2D eigenvalue weighted by molar-refractivity contribution is -0.146. The van der Waals surface area contributed by atoms with Crippen molar-refractivity contribution in [2.75, 3.05) is 67.1 Å². The van der Waals surface area contributed by atoms with Crippen molar-refractivity contribution >= 4 is 11.9 Å². The summed E-state index contributed by atoms with van der Waals surface area (Å²) in [5, 5.41) is 3.54. The standard InChI is InChI=1S/C18H34N4O3/c1-19-18(22-10-6-16(7-11-22)17(23)25-3)20-14-15-4-8-21(9-5-15)12-13-24-2/h15-16H,4-14H2,1-3H3,(H,19,20). The number of nitrogens with zero attached hydrogens (tertiary/aromatic N) is 3. The van der Waals surface area contributed by atoms with Crippen LogP contribution < -0.4 is 5.32 Å². The van der Waals surface area contributed by atoms with Crippen LogP contribution >= 0.6 is 0 Å². The lowest BCUT2D eigenvalue weighted by Gasteiger charge is -2.35. The van der Waals surface area contributed by atoms with E-state index in [1.165, 1.54) is 20.0 Å². The third-order valence-corrected chi connectivity index (χ3v) is 5.41. The summed E-state index contributed by atoms with van der Waals surface area (Å²) < 4.78 is 10.0. The van der Waals surface area contributed by atoms with Crippen LogP contribution in [0.3, 0.4) is 0 Å². The van der Waals surface area contributed by atoms with E-state index in [9.17, 15) is 4.79 Å². The molecule has 2 aliphatic heterocycles. The highest BCUT2D eigenvalue weighted by Crippen LogP contribution is 2.19. The van der Waals surface area contributed by atoms with E-state index in [0.717, 1.165) is 64.7 Å². The van der Waals surface area contributed by atoms with Gasteiger partial charge in [-0.25, -0.2) is 0 Å². The summed E-state index contributed by atoms with van der Waals surface area (Å²) in [4.78, 5) is 20.8. The maximum absolute atomic E-state index is 11.6. The average molecular weight is 354 g/mol. The van der Waals surface area contributed by atoms with E-state index >= 15 is 0 Å². The zero-order chi connectivity index (χ0) is 18.1. The minimum Gasteiger partial charge on any atom is -0.469 e. The summed E-state index contributed by atoms with van der Waals surface area (Å²) in [6.45, 7) is 6.84. The van der Waals surface area contributed by atoms with Crippen molar-refractivity contribution in [3.63, 3.8) is 0 Å². The highest BCUT2D eigenvalue weighted by Gasteiger charge is 2.27. The number of piperidine rings is 2. The van der Waals surface area contributed by atoms with Gasteiger partial charge in [-0.3, -0.25) is 9.79 Å². The molecule has 2 heterocycles. The van der Waals surface area contributed by atoms with Gasteiger partial charge in [-0.15, -0.1) is 0 Å². The van der Waals surface area contributed by atoms with E-state index in [0.29, 0.717) is 5.92 Å². The van der Waals surface area contributed by atoms with Crippen molar-refractivity contribution in [2.45, 2.75) is 25.7 Å². The van der Waals surface area contributed by atoms with E-state index in [2.05, 4.69) is 20.1 Å². The van der Waals surface area contributed by atoms with Gasteiger partial charge in [-0.1, -0.05) is 0 Å². The van der Waals surface area contributed by atoms with Gasteiger partial charge in [0.2, 0.25) is 0 Å². The minimum absolute atomic E-state index is 0.0378. The second-order valence-electron chi connectivity index (χ2n) is 6.99. The number of methoxy groups -OCH3 is 2. The van der Waals surface area contributed by atoms with Crippen LogP contribution in [0.1, 0.15) is 25.7 Å². The fourth-order valence-electron chi connectivity index (χ4n) is 3.70. The molecule has 0 atom stereocenters. The van der Waals surface area contributed by atoms with Crippen LogP contribution in [0.2, 0.25) is 0 Å². The molecule has 144 valence electrons. The predicted octanol–water partition coefficient (Wildman–Crippen LogP) is 0.805. The Morgan fingerprint density at radius 2 is 1.80 bits per heavy atom. The maximum atomic E-state index is 11.6. The van der Waals surface area contributed by atoms with E-state index in [-0.39, 0.29) is 11.9 Å². The zero-order valence-corrected chi connectivity index (χ0v) is 16.0. The Bertz CT molecular complexity index is 428. The summed E-state index contributed by atoms with van der Waals surface area (Å²) in [5.41, 5.74) is 0. The van der Waals surface area contributed by atoms with Crippen LogP contribution in [0, 0.1) is 11.8 Å². The molecule has 2 fully saturated rings. The summed E-state index contributed by atoms with van der Waals surface area (Å²) >= 11 is 0. The molecule has 0 aromatic rings. The molecule has 2 saturated heterocycles. The predicted molar refractivity (Wildman–Crippen MR) is 98.7 cm³/mol. The number of rotatable bonds is 6. The molecular formula is C18H34N4O3. The first-order valence-corrected chi connectivity index (χ1v) is 9.42. The number of guanidine groups is 1. The molecule has 0 amide bonds. The van der Waals surface area contributed by atoms with Crippen LogP contribution in [0.15, 0.2) is 4.99 Å². The van der Waals surface area contributed by atoms with E-state index < -0.39 is 0 Å². The third-order valence-electron chi connectivity index (χ3n) is 5.41. The van der Waals surface area contributed by atoms with Gasteiger partial charge in [0, 0.05) is 40.3 Å². The van der Waals surface area contributed by atoms with E-state index in [1.54, 1.807) is 7.11 Å². The first kappa shape index (κ1) is 20.0. The number of hydrogen-bond acceptors (Lipinski definition) is 5. The summed E-state index contributed by atoms with van der Waals surface area (Å²) in [6, 6.07) is 0. The Balaban J connectivity index is 1.69. The fourth-order valence-corrected chi connectivity index (χ4v) is 3.70. The molecule has 0 spiro atoms. The van der Waals surface area contributed by atoms with Gasteiger partial charge in [-0.2, -0.15) is 0 Å².